The lowest BCUT2D eigenvalue weighted by Crippen LogP contribution is -2.20. The summed E-state index contributed by atoms with van der Waals surface area (Å²) in [4.78, 5) is 11.4. The first-order valence-electron chi connectivity index (χ1n) is 7.82. The van der Waals surface area contributed by atoms with Crippen LogP contribution in [0.15, 0.2) is 6.07 Å². The van der Waals surface area contributed by atoms with Crippen LogP contribution in [-0.2, 0) is 0 Å². The van der Waals surface area contributed by atoms with Gasteiger partial charge in [0.15, 0.2) is 0 Å². The molecule has 2 fully saturated rings. The summed E-state index contributed by atoms with van der Waals surface area (Å²) >= 11 is 6.05. The highest BCUT2D eigenvalue weighted by atomic mass is 35.5. The topological polar surface area (TPSA) is 41.0 Å². The number of rotatable bonds is 7. The molecule has 20 heavy (non-hydrogen) atoms. The third-order valence-corrected chi connectivity index (χ3v) is 4.25. The van der Waals surface area contributed by atoms with Gasteiger partial charge in [-0.1, -0.05) is 11.6 Å². The first-order valence-corrected chi connectivity index (χ1v) is 8.20. The molecule has 2 heterocycles. The molecule has 0 unspecified atom stereocenters. The molecular weight excluding hydrogens is 272 g/mol. The molecule has 2 aliphatic rings. The Morgan fingerprint density at radius 3 is 2.75 bits per heavy atom. The first-order chi connectivity index (χ1) is 9.81. The van der Waals surface area contributed by atoms with Crippen LogP contribution in [0.3, 0.4) is 0 Å². The Kier molecular flexibility index (Phi) is 4.73. The third-order valence-electron chi connectivity index (χ3n) is 4.06. The summed E-state index contributed by atoms with van der Waals surface area (Å²) in [5, 5.41) is 3.94. The fourth-order valence-corrected chi connectivity index (χ4v) is 2.92. The molecule has 0 amide bonds. The van der Waals surface area contributed by atoms with Crippen LogP contribution in [0.5, 0.6) is 0 Å². The van der Waals surface area contributed by atoms with E-state index >= 15 is 0 Å². The van der Waals surface area contributed by atoms with Crippen molar-refractivity contribution in [2.75, 3.05) is 31.5 Å². The van der Waals surface area contributed by atoms with Gasteiger partial charge in [0, 0.05) is 18.5 Å². The van der Waals surface area contributed by atoms with E-state index < -0.39 is 0 Å². The van der Waals surface area contributed by atoms with Crippen LogP contribution in [0.4, 0.5) is 5.82 Å². The van der Waals surface area contributed by atoms with Gasteiger partial charge in [-0.3, -0.25) is 0 Å². The maximum absolute atomic E-state index is 6.05. The Bertz CT molecular complexity index is 441. The minimum absolute atomic E-state index is 0.546. The van der Waals surface area contributed by atoms with Crippen LogP contribution in [-0.4, -0.2) is 41.0 Å². The normalized spacial score (nSPS) is 19.4. The second kappa shape index (κ2) is 6.72. The zero-order chi connectivity index (χ0) is 13.8. The maximum atomic E-state index is 6.05. The van der Waals surface area contributed by atoms with Gasteiger partial charge < -0.3 is 10.2 Å². The quantitative estimate of drug-likeness (QED) is 0.619. The maximum Gasteiger partial charge on any atom is 0.135 e. The number of unbranched alkanes of at least 4 members (excludes halogenated alkanes) is 1. The zero-order valence-electron chi connectivity index (χ0n) is 11.9. The number of hydrogen-bond donors (Lipinski definition) is 1. The highest BCUT2D eigenvalue weighted by molar-refractivity contribution is 6.29. The average Bonchev–Trinajstić information content (AvgIpc) is 3.16. The highest BCUT2D eigenvalue weighted by Gasteiger charge is 2.27. The molecule has 0 aromatic carbocycles. The molecule has 0 atom stereocenters. The molecule has 1 N–H and O–H groups in total. The Morgan fingerprint density at radius 2 is 2.00 bits per heavy atom. The molecule has 4 nitrogen and oxygen atoms in total. The Morgan fingerprint density at radius 1 is 1.20 bits per heavy atom. The molecule has 0 bridgehead atoms. The molecule has 1 aromatic rings. The number of likely N-dealkylation sites (tertiary alicyclic amines) is 1. The number of anilines is 1. The number of nitrogens with one attached hydrogen (secondary N) is 1. The van der Waals surface area contributed by atoms with Crippen LogP contribution in [0.25, 0.3) is 0 Å². The summed E-state index contributed by atoms with van der Waals surface area (Å²) in [6.07, 6.45) is 7.59. The predicted octanol–water partition coefficient (Wildman–Crippen LogP) is 3.30. The molecule has 1 saturated heterocycles. The molecule has 3 rings (SSSR count). The Labute approximate surface area is 125 Å². The summed E-state index contributed by atoms with van der Waals surface area (Å²) in [6.45, 7) is 4.78. The Balaban J connectivity index is 1.39. The van der Waals surface area contributed by atoms with Crippen molar-refractivity contribution in [2.45, 2.75) is 44.4 Å². The van der Waals surface area contributed by atoms with E-state index in [-0.39, 0.29) is 0 Å². The van der Waals surface area contributed by atoms with E-state index in [9.17, 15) is 0 Å². The van der Waals surface area contributed by atoms with Crippen molar-refractivity contribution in [3.63, 3.8) is 0 Å². The SMILES string of the molecule is Clc1cc(NCCCCN2CCCC2)nc(C2CC2)n1. The van der Waals surface area contributed by atoms with Crippen LogP contribution in [0.2, 0.25) is 5.15 Å². The Hall–Kier alpha value is -0.870. The van der Waals surface area contributed by atoms with E-state index in [4.69, 9.17) is 11.6 Å². The molecule has 1 aliphatic carbocycles. The van der Waals surface area contributed by atoms with Crippen molar-refractivity contribution in [3.05, 3.63) is 17.0 Å². The summed E-state index contributed by atoms with van der Waals surface area (Å²) < 4.78 is 0. The number of aromatic nitrogens is 2. The number of nitrogens with zero attached hydrogens (tertiary/aromatic N) is 3. The van der Waals surface area contributed by atoms with Crippen LogP contribution in [0, 0.1) is 0 Å². The lowest BCUT2D eigenvalue weighted by atomic mass is 10.3. The second-order valence-electron chi connectivity index (χ2n) is 5.89. The van der Waals surface area contributed by atoms with Gasteiger partial charge in [-0.05, 0) is 58.2 Å². The van der Waals surface area contributed by atoms with Gasteiger partial charge in [-0.15, -0.1) is 0 Å². The molecule has 1 aliphatic heterocycles. The van der Waals surface area contributed by atoms with Crippen molar-refractivity contribution in [1.82, 2.24) is 14.9 Å². The predicted molar refractivity (Wildman–Crippen MR) is 82.4 cm³/mol. The number of hydrogen-bond acceptors (Lipinski definition) is 4. The van der Waals surface area contributed by atoms with E-state index in [2.05, 4.69) is 20.2 Å². The molecule has 0 spiro atoms. The van der Waals surface area contributed by atoms with Crippen LogP contribution in [0.1, 0.15) is 50.3 Å². The molecule has 0 radical (unpaired) electrons. The van der Waals surface area contributed by atoms with Crippen molar-refractivity contribution in [1.29, 1.82) is 0 Å². The van der Waals surface area contributed by atoms with Crippen LogP contribution >= 0.6 is 11.6 Å². The van der Waals surface area contributed by atoms with Crippen molar-refractivity contribution < 1.29 is 0 Å². The van der Waals surface area contributed by atoms with E-state index in [1.807, 2.05) is 6.07 Å². The minimum atomic E-state index is 0.546. The zero-order valence-corrected chi connectivity index (χ0v) is 12.7. The molecule has 1 saturated carbocycles. The fourth-order valence-electron chi connectivity index (χ4n) is 2.73. The van der Waals surface area contributed by atoms with Gasteiger partial charge >= 0.3 is 0 Å². The monoisotopic (exact) mass is 294 g/mol. The van der Waals surface area contributed by atoms with Gasteiger partial charge in [-0.2, -0.15) is 0 Å². The largest absolute Gasteiger partial charge is 0.370 e. The van der Waals surface area contributed by atoms with Crippen LogP contribution < -0.4 is 5.32 Å². The smallest absolute Gasteiger partial charge is 0.135 e. The second-order valence-corrected chi connectivity index (χ2v) is 6.28. The van der Waals surface area contributed by atoms with E-state index in [1.165, 1.54) is 58.2 Å². The van der Waals surface area contributed by atoms with E-state index in [1.54, 1.807) is 0 Å². The van der Waals surface area contributed by atoms with Gasteiger partial charge in [0.25, 0.3) is 0 Å². The van der Waals surface area contributed by atoms with Gasteiger partial charge in [-0.25, -0.2) is 9.97 Å². The van der Waals surface area contributed by atoms with Crippen molar-refractivity contribution in [3.8, 4) is 0 Å². The standard InChI is InChI=1S/C15H23ClN4/c16-13-11-14(19-15(18-13)12-5-6-12)17-7-1-2-8-20-9-3-4-10-20/h11-12H,1-10H2,(H,17,18,19). The van der Waals surface area contributed by atoms with Gasteiger partial charge in [0.2, 0.25) is 0 Å². The highest BCUT2D eigenvalue weighted by Crippen LogP contribution is 2.38. The summed E-state index contributed by atoms with van der Waals surface area (Å²) in [7, 11) is 0. The molecule has 5 heteroatoms. The number of halogens is 1. The molecular formula is C15H23ClN4. The molecule has 1 aromatic heterocycles. The minimum Gasteiger partial charge on any atom is -0.370 e. The lowest BCUT2D eigenvalue weighted by molar-refractivity contribution is 0.331. The van der Waals surface area contributed by atoms with Crippen molar-refractivity contribution >= 4 is 17.4 Å². The summed E-state index contributed by atoms with van der Waals surface area (Å²) in [5.41, 5.74) is 0. The van der Waals surface area contributed by atoms with Gasteiger partial charge in [0.1, 0.15) is 16.8 Å². The lowest BCUT2D eigenvalue weighted by Gasteiger charge is -2.14. The van der Waals surface area contributed by atoms with Gasteiger partial charge in [0.05, 0.1) is 0 Å². The average molecular weight is 295 g/mol. The van der Waals surface area contributed by atoms with E-state index in [0.717, 1.165) is 18.2 Å². The summed E-state index contributed by atoms with van der Waals surface area (Å²) in [6, 6.07) is 1.83. The first kappa shape index (κ1) is 14.1. The van der Waals surface area contributed by atoms with E-state index in [0.29, 0.717) is 11.1 Å². The third kappa shape index (κ3) is 4.06. The molecule has 110 valence electrons. The van der Waals surface area contributed by atoms with Crippen molar-refractivity contribution in [2.24, 2.45) is 0 Å². The fraction of sp³-hybridized carbons (Fsp3) is 0.733. The summed E-state index contributed by atoms with van der Waals surface area (Å²) in [5.74, 6) is 2.34.